The molecule has 2 heterocycles. The molecule has 0 spiro atoms. The molecule has 0 bridgehead atoms. The number of rotatable bonds is 10. The van der Waals surface area contributed by atoms with Gasteiger partial charge in [-0.25, -0.2) is 0 Å². The van der Waals surface area contributed by atoms with Crippen molar-refractivity contribution in [3.63, 3.8) is 0 Å². The summed E-state index contributed by atoms with van der Waals surface area (Å²) in [5.41, 5.74) is 12.2. The first kappa shape index (κ1) is 34.7. The first-order valence-electron chi connectivity index (χ1n) is 14.1. The normalized spacial score (nSPS) is 16.1. The number of hydrogen-bond acceptors (Lipinski definition) is 10. The van der Waals surface area contributed by atoms with E-state index in [1.165, 1.54) is 9.80 Å². The number of amides is 6. The maximum atomic E-state index is 13.2. The SMILES string of the molecule is Cc1ccc(C(=O)NNC(=O)CCCN2C(=O)C(=C3SC(=S)N(CCCC(=O)NNC(=O)c4ccc(C)cc4)C3=O)SC2=S)cc1. The highest BCUT2D eigenvalue weighted by Gasteiger charge is 2.41. The second-order valence-corrected chi connectivity index (χ2v) is 13.5. The van der Waals surface area contributed by atoms with Crippen molar-refractivity contribution in [3.05, 3.63) is 80.6 Å². The molecule has 2 aliphatic heterocycles. The lowest BCUT2D eigenvalue weighted by molar-refractivity contribution is -0.125. The van der Waals surface area contributed by atoms with Gasteiger partial charge in [0.1, 0.15) is 8.64 Å². The Kier molecular flexibility index (Phi) is 12.0. The smallest absolute Gasteiger partial charge is 0.269 e. The van der Waals surface area contributed by atoms with Gasteiger partial charge in [-0.1, -0.05) is 83.4 Å². The van der Waals surface area contributed by atoms with Crippen molar-refractivity contribution in [2.24, 2.45) is 0 Å². The molecule has 2 aliphatic rings. The Hall–Kier alpha value is -4.12. The number of thiocarbonyl (C=S) groups is 2. The van der Waals surface area contributed by atoms with Crippen LogP contribution in [0.3, 0.4) is 0 Å². The first-order chi connectivity index (χ1) is 21.9. The number of aryl methyl sites for hydroxylation is 2. The van der Waals surface area contributed by atoms with Gasteiger partial charge < -0.3 is 0 Å². The third-order valence-electron chi connectivity index (χ3n) is 6.73. The summed E-state index contributed by atoms with van der Waals surface area (Å²) in [5.74, 6) is -2.68. The molecule has 0 aromatic heterocycles. The number of hydrogen-bond donors (Lipinski definition) is 4. The summed E-state index contributed by atoms with van der Waals surface area (Å²) < 4.78 is 0.505. The number of carbonyl (C=O) groups is 6. The lowest BCUT2D eigenvalue weighted by Gasteiger charge is -2.15. The van der Waals surface area contributed by atoms with Crippen molar-refractivity contribution >= 4 is 92.0 Å². The number of thioether (sulfide) groups is 2. The fourth-order valence-electron chi connectivity index (χ4n) is 4.18. The second-order valence-electron chi connectivity index (χ2n) is 10.3. The predicted molar refractivity (Wildman–Crippen MR) is 183 cm³/mol. The quantitative estimate of drug-likeness (QED) is 0.165. The number of hydrazine groups is 2. The van der Waals surface area contributed by atoms with E-state index in [1.807, 2.05) is 13.8 Å². The molecule has 240 valence electrons. The van der Waals surface area contributed by atoms with Gasteiger partial charge in [-0.2, -0.15) is 0 Å². The molecule has 4 N–H and O–H groups in total. The van der Waals surface area contributed by atoms with Gasteiger partial charge in [-0.15, -0.1) is 0 Å². The van der Waals surface area contributed by atoms with Crippen LogP contribution in [0.1, 0.15) is 57.5 Å². The third kappa shape index (κ3) is 8.99. The molecule has 12 nitrogen and oxygen atoms in total. The number of nitrogens with one attached hydrogen (secondary N) is 4. The second kappa shape index (κ2) is 15.9. The van der Waals surface area contributed by atoms with Gasteiger partial charge in [0, 0.05) is 37.1 Å². The van der Waals surface area contributed by atoms with Crippen molar-refractivity contribution in [2.45, 2.75) is 39.5 Å². The van der Waals surface area contributed by atoms with E-state index in [0.717, 1.165) is 34.7 Å². The predicted octanol–water partition coefficient (Wildman–Crippen LogP) is 3.02. The molecule has 0 atom stereocenters. The minimum atomic E-state index is -0.452. The summed E-state index contributed by atoms with van der Waals surface area (Å²) in [6.45, 7) is 4.08. The molecule has 6 amide bonds. The van der Waals surface area contributed by atoms with Crippen LogP contribution in [0.2, 0.25) is 0 Å². The van der Waals surface area contributed by atoms with Crippen LogP contribution in [-0.2, 0) is 19.2 Å². The van der Waals surface area contributed by atoms with Gasteiger partial charge in [-0.05, 0) is 51.0 Å². The average Bonchev–Trinajstić information content (AvgIpc) is 3.47. The Morgan fingerprint density at radius 2 is 0.957 bits per heavy atom. The Balaban J connectivity index is 1.20. The maximum absolute atomic E-state index is 13.2. The highest BCUT2D eigenvalue weighted by Crippen LogP contribution is 2.42. The lowest BCUT2D eigenvalue weighted by Crippen LogP contribution is -2.42. The Morgan fingerprint density at radius 3 is 1.30 bits per heavy atom. The van der Waals surface area contributed by atoms with E-state index in [2.05, 4.69) is 21.7 Å². The van der Waals surface area contributed by atoms with Gasteiger partial charge in [0.25, 0.3) is 23.6 Å². The third-order valence-corrected chi connectivity index (χ3v) is 9.76. The zero-order valence-corrected chi connectivity index (χ0v) is 28.1. The van der Waals surface area contributed by atoms with E-state index < -0.39 is 35.4 Å². The first-order valence-corrected chi connectivity index (χ1v) is 16.5. The van der Waals surface area contributed by atoms with Crippen LogP contribution in [0.25, 0.3) is 0 Å². The van der Waals surface area contributed by atoms with E-state index in [-0.39, 0.29) is 57.2 Å². The van der Waals surface area contributed by atoms with E-state index in [0.29, 0.717) is 11.1 Å². The fourth-order valence-corrected chi connectivity index (χ4v) is 6.95. The molecule has 2 fully saturated rings. The Labute approximate surface area is 284 Å². The molecular weight excluding hydrogens is 669 g/mol. The summed E-state index contributed by atoms with van der Waals surface area (Å²) in [6, 6.07) is 13.7. The van der Waals surface area contributed by atoms with Crippen molar-refractivity contribution < 1.29 is 28.8 Å². The molecule has 0 saturated carbocycles. The van der Waals surface area contributed by atoms with Crippen molar-refractivity contribution in [2.75, 3.05) is 13.1 Å². The summed E-state index contributed by atoms with van der Waals surface area (Å²) in [6.07, 6.45) is 0.568. The van der Waals surface area contributed by atoms with Crippen molar-refractivity contribution in [1.82, 2.24) is 31.5 Å². The monoisotopic (exact) mass is 698 g/mol. The maximum Gasteiger partial charge on any atom is 0.269 e. The summed E-state index contributed by atoms with van der Waals surface area (Å²) in [7, 11) is 0. The molecule has 0 aliphatic carbocycles. The van der Waals surface area contributed by atoms with Crippen LogP contribution >= 0.6 is 48.0 Å². The van der Waals surface area contributed by atoms with Crippen molar-refractivity contribution in [1.29, 1.82) is 0 Å². The van der Waals surface area contributed by atoms with E-state index in [1.54, 1.807) is 48.5 Å². The molecular formula is C30H30N6O6S4. The molecule has 16 heteroatoms. The molecule has 0 unspecified atom stereocenters. The summed E-state index contributed by atoms with van der Waals surface area (Å²) >= 11 is 12.7. The number of carbonyl (C=O) groups excluding carboxylic acids is 6. The van der Waals surface area contributed by atoms with Gasteiger partial charge in [0.15, 0.2) is 0 Å². The van der Waals surface area contributed by atoms with Crippen LogP contribution in [0.5, 0.6) is 0 Å². The van der Waals surface area contributed by atoms with E-state index >= 15 is 0 Å². The van der Waals surface area contributed by atoms with Crippen LogP contribution in [-0.4, -0.2) is 67.0 Å². The van der Waals surface area contributed by atoms with Crippen LogP contribution < -0.4 is 21.7 Å². The molecule has 46 heavy (non-hydrogen) atoms. The fraction of sp³-hybridized carbons (Fsp3) is 0.267. The Bertz CT molecular complexity index is 1510. The zero-order chi connectivity index (χ0) is 33.4. The Morgan fingerprint density at radius 1 is 0.609 bits per heavy atom. The van der Waals surface area contributed by atoms with Gasteiger partial charge in [0.05, 0.1) is 9.81 Å². The number of nitrogens with zero attached hydrogens (tertiary/aromatic N) is 2. The van der Waals surface area contributed by atoms with Crippen LogP contribution in [0, 0.1) is 13.8 Å². The van der Waals surface area contributed by atoms with E-state index in [4.69, 9.17) is 24.4 Å². The summed E-state index contributed by atoms with van der Waals surface area (Å²) in [5, 5.41) is 0. The van der Waals surface area contributed by atoms with Gasteiger partial charge in [-0.3, -0.25) is 60.3 Å². The molecule has 2 aromatic carbocycles. The standard InChI is InChI=1S/C30H30N6O6S4/c1-17-7-11-19(12-8-17)25(39)33-31-21(37)5-3-15-35-27(41)23(45-29(35)43)24-28(42)36(30(44)46-24)16-4-6-22(38)32-34-26(40)20-13-9-18(2)10-14-20/h7-14H,3-6,15-16H2,1-2H3,(H,31,37)(H,32,38)(H,33,39)(H,34,40). The van der Waals surface area contributed by atoms with Crippen molar-refractivity contribution in [3.8, 4) is 0 Å². The summed E-state index contributed by atoms with van der Waals surface area (Å²) in [4.78, 5) is 78.1. The van der Waals surface area contributed by atoms with Crippen LogP contribution in [0.15, 0.2) is 58.3 Å². The highest BCUT2D eigenvalue weighted by atomic mass is 32.2. The van der Waals surface area contributed by atoms with Gasteiger partial charge in [0.2, 0.25) is 11.8 Å². The number of benzene rings is 2. The lowest BCUT2D eigenvalue weighted by atomic mass is 10.1. The molecule has 2 saturated heterocycles. The molecule has 4 rings (SSSR count). The zero-order valence-electron chi connectivity index (χ0n) is 24.8. The van der Waals surface area contributed by atoms with Gasteiger partial charge >= 0.3 is 0 Å². The molecule has 0 radical (unpaired) electrons. The van der Waals surface area contributed by atoms with E-state index in [9.17, 15) is 28.8 Å². The minimum absolute atomic E-state index is 0.0197. The minimum Gasteiger partial charge on any atom is -0.293 e. The molecule has 2 aromatic rings. The van der Waals surface area contributed by atoms with Crippen LogP contribution in [0.4, 0.5) is 0 Å². The average molecular weight is 699 g/mol. The topological polar surface area (TPSA) is 157 Å². The highest BCUT2D eigenvalue weighted by molar-refractivity contribution is 8.29. The largest absolute Gasteiger partial charge is 0.293 e.